The van der Waals surface area contributed by atoms with Gasteiger partial charge in [-0.25, -0.2) is 13.8 Å². The number of methoxy groups -OCH3 is 1. The summed E-state index contributed by atoms with van der Waals surface area (Å²) in [4.78, 5) is 41.1. The van der Waals surface area contributed by atoms with Crippen LogP contribution in [0.3, 0.4) is 0 Å². The SMILES string of the molecule is COc1ccccc1NC(=O)c1cn(C)c2c(=O)n(-c3ccc(F)cc3)c(=O)[nH]c12. The van der Waals surface area contributed by atoms with Gasteiger partial charge < -0.3 is 19.6 Å². The van der Waals surface area contributed by atoms with Crippen LogP contribution in [-0.4, -0.2) is 27.1 Å². The summed E-state index contributed by atoms with van der Waals surface area (Å²) in [6.07, 6.45) is 1.46. The second-order valence-electron chi connectivity index (χ2n) is 6.58. The molecule has 0 saturated heterocycles. The van der Waals surface area contributed by atoms with Gasteiger partial charge in [-0.05, 0) is 36.4 Å². The monoisotopic (exact) mass is 408 g/mol. The number of aryl methyl sites for hydroxylation is 1. The van der Waals surface area contributed by atoms with Crippen molar-refractivity contribution in [3.63, 3.8) is 0 Å². The van der Waals surface area contributed by atoms with Crippen molar-refractivity contribution in [2.24, 2.45) is 7.05 Å². The third kappa shape index (κ3) is 3.16. The zero-order valence-electron chi connectivity index (χ0n) is 16.1. The molecule has 0 spiro atoms. The molecule has 9 heteroatoms. The molecular weight excluding hydrogens is 391 g/mol. The van der Waals surface area contributed by atoms with Crippen LogP contribution in [0.15, 0.2) is 64.3 Å². The van der Waals surface area contributed by atoms with E-state index in [0.29, 0.717) is 11.4 Å². The lowest BCUT2D eigenvalue weighted by Crippen LogP contribution is -2.34. The predicted octanol–water partition coefficient (Wildman–Crippen LogP) is 2.42. The number of carbonyl (C=O) groups is 1. The first-order valence-corrected chi connectivity index (χ1v) is 8.95. The molecule has 0 bridgehead atoms. The number of benzene rings is 2. The van der Waals surface area contributed by atoms with Gasteiger partial charge in [0.2, 0.25) is 0 Å². The molecule has 0 aliphatic rings. The highest BCUT2D eigenvalue weighted by molar-refractivity contribution is 6.12. The van der Waals surface area contributed by atoms with Crippen molar-refractivity contribution >= 4 is 22.6 Å². The van der Waals surface area contributed by atoms with Gasteiger partial charge in [0.25, 0.3) is 11.5 Å². The van der Waals surface area contributed by atoms with Gasteiger partial charge in [0.05, 0.1) is 29.6 Å². The summed E-state index contributed by atoms with van der Waals surface area (Å²) in [5.74, 6) is -0.531. The largest absolute Gasteiger partial charge is 0.495 e. The Morgan fingerprint density at radius 1 is 1.10 bits per heavy atom. The third-order valence-electron chi connectivity index (χ3n) is 4.71. The molecule has 0 saturated carbocycles. The second-order valence-corrected chi connectivity index (χ2v) is 6.58. The number of aromatic amines is 1. The predicted molar refractivity (Wildman–Crippen MR) is 110 cm³/mol. The number of hydrogen-bond donors (Lipinski definition) is 2. The van der Waals surface area contributed by atoms with Crippen LogP contribution in [0, 0.1) is 5.82 Å². The minimum Gasteiger partial charge on any atom is -0.495 e. The molecule has 2 heterocycles. The normalized spacial score (nSPS) is 10.9. The summed E-state index contributed by atoms with van der Waals surface area (Å²) < 4.78 is 20.8. The molecular formula is C21H17FN4O4. The fourth-order valence-electron chi connectivity index (χ4n) is 3.31. The third-order valence-corrected chi connectivity index (χ3v) is 4.71. The number of halogens is 1. The molecule has 0 atom stereocenters. The lowest BCUT2D eigenvalue weighted by Gasteiger charge is -2.09. The Balaban J connectivity index is 1.84. The average Bonchev–Trinajstić information content (AvgIpc) is 3.06. The molecule has 2 N–H and O–H groups in total. The number of rotatable bonds is 4. The Kier molecular flexibility index (Phi) is 4.71. The van der Waals surface area contributed by atoms with Gasteiger partial charge in [0, 0.05) is 13.2 Å². The van der Waals surface area contributed by atoms with Crippen LogP contribution < -0.4 is 21.3 Å². The maximum Gasteiger partial charge on any atom is 0.333 e. The van der Waals surface area contributed by atoms with Crippen molar-refractivity contribution in [2.75, 3.05) is 12.4 Å². The zero-order valence-corrected chi connectivity index (χ0v) is 16.1. The van der Waals surface area contributed by atoms with Gasteiger partial charge >= 0.3 is 5.69 Å². The van der Waals surface area contributed by atoms with Crippen molar-refractivity contribution in [2.45, 2.75) is 0 Å². The van der Waals surface area contributed by atoms with Crippen LogP contribution in [0.2, 0.25) is 0 Å². The summed E-state index contributed by atoms with van der Waals surface area (Å²) in [6, 6.07) is 11.8. The molecule has 4 aromatic rings. The van der Waals surface area contributed by atoms with Crippen LogP contribution in [0.5, 0.6) is 5.75 Å². The molecule has 0 radical (unpaired) electrons. The molecule has 2 aromatic carbocycles. The summed E-state index contributed by atoms with van der Waals surface area (Å²) >= 11 is 0. The van der Waals surface area contributed by atoms with Gasteiger partial charge in [-0.3, -0.25) is 9.59 Å². The van der Waals surface area contributed by atoms with E-state index in [9.17, 15) is 18.8 Å². The van der Waals surface area contributed by atoms with E-state index < -0.39 is 23.0 Å². The summed E-state index contributed by atoms with van der Waals surface area (Å²) in [5, 5.41) is 2.72. The summed E-state index contributed by atoms with van der Waals surface area (Å²) in [5.41, 5.74) is -0.341. The fourth-order valence-corrected chi connectivity index (χ4v) is 3.31. The molecule has 2 aromatic heterocycles. The van der Waals surface area contributed by atoms with Crippen molar-refractivity contribution in [1.82, 2.24) is 14.1 Å². The fraction of sp³-hybridized carbons (Fsp3) is 0.0952. The average molecular weight is 408 g/mol. The highest BCUT2D eigenvalue weighted by Crippen LogP contribution is 2.25. The lowest BCUT2D eigenvalue weighted by atomic mass is 10.2. The van der Waals surface area contributed by atoms with Crippen LogP contribution in [0.25, 0.3) is 16.7 Å². The molecule has 8 nitrogen and oxygen atoms in total. The van der Waals surface area contributed by atoms with E-state index in [2.05, 4.69) is 10.3 Å². The maximum absolute atomic E-state index is 13.2. The Hall–Kier alpha value is -4.14. The standard InChI is InChI=1S/C21H17FN4O4/c1-25-11-14(19(27)23-15-5-3-4-6-16(15)30-2)17-18(25)20(28)26(21(29)24-17)13-9-7-12(22)8-10-13/h3-11H,1-2H3,(H,23,27)(H,24,29). The van der Waals surface area contributed by atoms with Gasteiger partial charge in [0.1, 0.15) is 17.1 Å². The van der Waals surface area contributed by atoms with Gasteiger partial charge in [-0.1, -0.05) is 12.1 Å². The number of carbonyl (C=O) groups excluding carboxylic acids is 1. The lowest BCUT2D eigenvalue weighted by molar-refractivity contribution is 0.102. The molecule has 0 unspecified atom stereocenters. The van der Waals surface area contributed by atoms with E-state index in [1.165, 1.54) is 30.0 Å². The molecule has 152 valence electrons. The van der Waals surface area contributed by atoms with Gasteiger partial charge in [-0.2, -0.15) is 0 Å². The number of H-pyrrole nitrogens is 1. The number of hydrogen-bond acceptors (Lipinski definition) is 4. The van der Waals surface area contributed by atoms with E-state index in [0.717, 1.165) is 16.7 Å². The molecule has 0 aliphatic heterocycles. The molecule has 4 rings (SSSR count). The number of para-hydroxylation sites is 2. The molecule has 0 aliphatic carbocycles. The summed E-state index contributed by atoms with van der Waals surface area (Å²) in [7, 11) is 3.08. The number of anilines is 1. The van der Waals surface area contributed by atoms with Crippen LogP contribution in [0.1, 0.15) is 10.4 Å². The van der Waals surface area contributed by atoms with E-state index >= 15 is 0 Å². The number of nitrogens with one attached hydrogen (secondary N) is 2. The summed E-state index contributed by atoms with van der Waals surface area (Å²) in [6.45, 7) is 0. The first-order chi connectivity index (χ1) is 14.4. The quantitative estimate of drug-likeness (QED) is 0.542. The first kappa shape index (κ1) is 19.2. The number of nitrogens with zero attached hydrogens (tertiary/aromatic N) is 2. The second kappa shape index (κ2) is 7.36. The van der Waals surface area contributed by atoms with Crippen molar-refractivity contribution in [3.05, 3.63) is 86.9 Å². The van der Waals surface area contributed by atoms with E-state index in [1.54, 1.807) is 31.3 Å². The van der Waals surface area contributed by atoms with E-state index in [4.69, 9.17) is 4.74 Å². The highest BCUT2D eigenvalue weighted by atomic mass is 19.1. The molecule has 0 fully saturated rings. The minimum atomic E-state index is -0.739. The smallest absolute Gasteiger partial charge is 0.333 e. The van der Waals surface area contributed by atoms with Crippen LogP contribution >= 0.6 is 0 Å². The van der Waals surface area contributed by atoms with Gasteiger partial charge in [0.15, 0.2) is 0 Å². The minimum absolute atomic E-state index is 0.109. The van der Waals surface area contributed by atoms with Crippen molar-refractivity contribution in [3.8, 4) is 11.4 Å². The number of fused-ring (bicyclic) bond motifs is 1. The van der Waals surface area contributed by atoms with Gasteiger partial charge in [-0.15, -0.1) is 0 Å². The topological polar surface area (TPSA) is 98.1 Å². The highest BCUT2D eigenvalue weighted by Gasteiger charge is 2.21. The Bertz CT molecular complexity index is 1380. The van der Waals surface area contributed by atoms with E-state index in [1.807, 2.05) is 0 Å². The number of ether oxygens (including phenoxy) is 1. The van der Waals surface area contributed by atoms with Crippen LogP contribution in [0.4, 0.5) is 10.1 Å². The Morgan fingerprint density at radius 3 is 2.50 bits per heavy atom. The Morgan fingerprint density at radius 2 is 1.80 bits per heavy atom. The Labute approximate surface area is 169 Å². The van der Waals surface area contributed by atoms with Crippen molar-refractivity contribution in [1.29, 1.82) is 0 Å². The first-order valence-electron chi connectivity index (χ1n) is 8.95. The molecule has 30 heavy (non-hydrogen) atoms. The number of aromatic nitrogens is 3. The molecule has 1 amide bonds. The van der Waals surface area contributed by atoms with Crippen LogP contribution in [-0.2, 0) is 7.05 Å². The number of amides is 1. The van der Waals surface area contributed by atoms with E-state index in [-0.39, 0.29) is 22.3 Å². The maximum atomic E-state index is 13.2. The van der Waals surface area contributed by atoms with Crippen molar-refractivity contribution < 1.29 is 13.9 Å². The zero-order chi connectivity index (χ0) is 21.4.